The Labute approximate surface area is 108 Å². The highest BCUT2D eigenvalue weighted by molar-refractivity contribution is 5.95. The van der Waals surface area contributed by atoms with Gasteiger partial charge in [-0.15, -0.1) is 0 Å². The van der Waals surface area contributed by atoms with Gasteiger partial charge in [-0.05, 0) is 26.2 Å². The summed E-state index contributed by atoms with van der Waals surface area (Å²) in [5.41, 5.74) is 2.19. The number of Topliss-reactive ketones (excluding diaryl/α,β-unsaturated/α-hetero) is 1. The number of ether oxygens (including phenoxy) is 1. The molecule has 2 nitrogen and oxygen atoms in total. The molecule has 0 aromatic heterocycles. The summed E-state index contributed by atoms with van der Waals surface area (Å²) in [6, 6.07) is 0. The zero-order valence-electron chi connectivity index (χ0n) is 10.9. The van der Waals surface area contributed by atoms with Gasteiger partial charge >= 0.3 is 0 Å². The zero-order valence-corrected chi connectivity index (χ0v) is 10.9. The van der Waals surface area contributed by atoms with E-state index >= 15 is 0 Å². The Bertz CT molecular complexity index is 438. The van der Waals surface area contributed by atoms with Crippen molar-refractivity contribution >= 4 is 5.78 Å². The van der Waals surface area contributed by atoms with Crippen LogP contribution in [0.5, 0.6) is 0 Å². The maximum atomic E-state index is 11.7. The normalized spacial score (nSPS) is 35.3. The fourth-order valence-corrected chi connectivity index (χ4v) is 3.37. The molecule has 0 spiro atoms. The zero-order chi connectivity index (χ0) is 12.7. The third-order valence-electron chi connectivity index (χ3n) is 4.42. The molecule has 0 amide bonds. The first-order valence-electron chi connectivity index (χ1n) is 6.89. The number of fused-ring (bicyclic) bond motifs is 2. The molecule has 0 heterocycles. The van der Waals surface area contributed by atoms with Crippen molar-refractivity contribution in [2.75, 3.05) is 0 Å². The molecule has 96 valence electrons. The van der Waals surface area contributed by atoms with E-state index in [-0.39, 0.29) is 11.9 Å². The van der Waals surface area contributed by atoms with E-state index in [0.29, 0.717) is 18.3 Å². The van der Waals surface area contributed by atoms with Crippen LogP contribution in [0, 0.1) is 11.8 Å². The third-order valence-corrected chi connectivity index (χ3v) is 4.42. The Kier molecular flexibility index (Phi) is 2.89. The maximum Gasteiger partial charge on any atom is 0.161 e. The van der Waals surface area contributed by atoms with Crippen LogP contribution in [-0.4, -0.2) is 11.9 Å². The van der Waals surface area contributed by atoms with Crippen molar-refractivity contribution in [2.24, 2.45) is 11.8 Å². The van der Waals surface area contributed by atoms with E-state index in [1.165, 1.54) is 5.57 Å². The fourth-order valence-electron chi connectivity index (χ4n) is 3.37. The summed E-state index contributed by atoms with van der Waals surface area (Å²) in [6.45, 7) is 6.01. The average Bonchev–Trinajstić information content (AvgIpc) is 2.58. The van der Waals surface area contributed by atoms with Gasteiger partial charge in [-0.3, -0.25) is 4.79 Å². The highest BCUT2D eigenvalue weighted by Gasteiger charge is 2.39. The van der Waals surface area contributed by atoms with Crippen LogP contribution in [-0.2, 0) is 9.53 Å². The number of rotatable bonds is 2. The second-order valence-corrected chi connectivity index (χ2v) is 5.78. The van der Waals surface area contributed by atoms with Crippen molar-refractivity contribution in [3.8, 4) is 0 Å². The molecule has 1 fully saturated rings. The van der Waals surface area contributed by atoms with E-state index < -0.39 is 0 Å². The second-order valence-electron chi connectivity index (χ2n) is 5.78. The summed E-state index contributed by atoms with van der Waals surface area (Å²) < 4.78 is 6.21. The Hall–Kier alpha value is -1.31. The van der Waals surface area contributed by atoms with Gasteiger partial charge in [-0.2, -0.15) is 0 Å². The highest BCUT2D eigenvalue weighted by Crippen LogP contribution is 2.42. The summed E-state index contributed by atoms with van der Waals surface area (Å²) >= 11 is 0. The van der Waals surface area contributed by atoms with Gasteiger partial charge in [0, 0.05) is 30.3 Å². The number of hydrogen-bond donors (Lipinski definition) is 0. The number of carbonyl (C=O) groups is 1. The van der Waals surface area contributed by atoms with Crippen LogP contribution < -0.4 is 0 Å². The second kappa shape index (κ2) is 4.42. The third kappa shape index (κ3) is 1.94. The molecule has 0 aromatic rings. The molecule has 2 atom stereocenters. The quantitative estimate of drug-likeness (QED) is 0.694. The smallest absolute Gasteiger partial charge is 0.161 e. The Morgan fingerprint density at radius 2 is 1.89 bits per heavy atom. The number of allylic oxidation sites excluding steroid dienone is 3. The van der Waals surface area contributed by atoms with Gasteiger partial charge in [-0.1, -0.05) is 24.3 Å². The summed E-state index contributed by atoms with van der Waals surface area (Å²) in [5.74, 6) is 2.14. The highest BCUT2D eigenvalue weighted by atomic mass is 16.5. The SMILES string of the molecule is C=C1CC2C=CC(C1)C2OC1=C(C)C(=O)CCC1. The number of hydrogen-bond acceptors (Lipinski definition) is 2. The van der Waals surface area contributed by atoms with Crippen LogP contribution in [0.2, 0.25) is 0 Å². The summed E-state index contributed by atoms with van der Waals surface area (Å²) in [5, 5.41) is 0. The van der Waals surface area contributed by atoms with Crippen LogP contribution in [0.3, 0.4) is 0 Å². The van der Waals surface area contributed by atoms with Gasteiger partial charge in [0.25, 0.3) is 0 Å². The molecule has 3 aliphatic carbocycles. The first-order chi connectivity index (χ1) is 8.65. The molecule has 0 aliphatic heterocycles. The summed E-state index contributed by atoms with van der Waals surface area (Å²) in [4.78, 5) is 11.7. The van der Waals surface area contributed by atoms with Crippen LogP contribution in [0.4, 0.5) is 0 Å². The van der Waals surface area contributed by atoms with E-state index in [0.717, 1.165) is 37.0 Å². The molecule has 18 heavy (non-hydrogen) atoms. The summed E-state index contributed by atoms with van der Waals surface area (Å²) in [7, 11) is 0. The lowest BCUT2D eigenvalue weighted by atomic mass is 9.82. The average molecular weight is 244 g/mol. The predicted molar refractivity (Wildman–Crippen MR) is 70.9 cm³/mol. The molecule has 3 rings (SSSR count). The van der Waals surface area contributed by atoms with Gasteiger partial charge < -0.3 is 4.74 Å². The molecule has 0 saturated heterocycles. The molecular weight excluding hydrogens is 224 g/mol. The Balaban J connectivity index is 1.76. The summed E-state index contributed by atoms with van der Waals surface area (Å²) in [6.07, 6.45) is 9.41. The van der Waals surface area contributed by atoms with Crippen molar-refractivity contribution in [3.05, 3.63) is 35.6 Å². The predicted octanol–water partition coefficient (Wildman–Crippen LogP) is 3.55. The molecular formula is C16H20O2. The topological polar surface area (TPSA) is 26.3 Å². The molecule has 3 aliphatic rings. The van der Waals surface area contributed by atoms with Crippen molar-refractivity contribution in [3.63, 3.8) is 0 Å². The monoisotopic (exact) mass is 244 g/mol. The van der Waals surface area contributed by atoms with E-state index in [4.69, 9.17) is 4.74 Å². The minimum absolute atomic E-state index is 0.242. The first kappa shape index (κ1) is 11.8. The molecule has 0 aromatic carbocycles. The van der Waals surface area contributed by atoms with E-state index in [1.807, 2.05) is 6.92 Å². The molecule has 2 unspecified atom stereocenters. The van der Waals surface area contributed by atoms with Gasteiger partial charge in [0.05, 0.1) is 0 Å². The standard InChI is InChI=1S/C16H20O2/c1-10-8-12-6-7-13(9-10)16(12)18-15-5-3-4-14(17)11(15)2/h6-7,12-13,16H,1,3-5,8-9H2,2H3. The lowest BCUT2D eigenvalue weighted by Crippen LogP contribution is -2.31. The Morgan fingerprint density at radius 1 is 1.22 bits per heavy atom. The van der Waals surface area contributed by atoms with Gasteiger partial charge in [0.2, 0.25) is 0 Å². The van der Waals surface area contributed by atoms with E-state index in [9.17, 15) is 4.79 Å². The van der Waals surface area contributed by atoms with Crippen molar-refractivity contribution in [1.29, 1.82) is 0 Å². The minimum atomic E-state index is 0.242. The number of carbonyl (C=O) groups excluding carboxylic acids is 1. The van der Waals surface area contributed by atoms with E-state index in [1.54, 1.807) is 0 Å². The molecule has 2 bridgehead atoms. The van der Waals surface area contributed by atoms with Crippen LogP contribution in [0.15, 0.2) is 35.6 Å². The Morgan fingerprint density at radius 3 is 2.56 bits per heavy atom. The lowest BCUT2D eigenvalue weighted by Gasteiger charge is -2.34. The van der Waals surface area contributed by atoms with E-state index in [2.05, 4.69) is 18.7 Å². The van der Waals surface area contributed by atoms with Crippen molar-refractivity contribution in [1.82, 2.24) is 0 Å². The maximum absolute atomic E-state index is 11.7. The minimum Gasteiger partial charge on any atom is -0.493 e. The van der Waals surface area contributed by atoms with Crippen molar-refractivity contribution < 1.29 is 9.53 Å². The van der Waals surface area contributed by atoms with Crippen molar-refractivity contribution in [2.45, 2.75) is 45.1 Å². The first-order valence-corrected chi connectivity index (χ1v) is 6.89. The van der Waals surface area contributed by atoms with Gasteiger partial charge in [0.15, 0.2) is 5.78 Å². The van der Waals surface area contributed by atoms with Crippen LogP contribution in [0.1, 0.15) is 39.0 Å². The molecule has 2 heteroatoms. The lowest BCUT2D eigenvalue weighted by molar-refractivity contribution is -0.116. The molecule has 1 saturated carbocycles. The number of ketones is 1. The molecule has 0 radical (unpaired) electrons. The van der Waals surface area contributed by atoms with Gasteiger partial charge in [0.1, 0.15) is 11.9 Å². The van der Waals surface area contributed by atoms with Crippen LogP contribution >= 0.6 is 0 Å². The van der Waals surface area contributed by atoms with Crippen LogP contribution in [0.25, 0.3) is 0 Å². The van der Waals surface area contributed by atoms with Gasteiger partial charge in [-0.25, -0.2) is 0 Å². The largest absolute Gasteiger partial charge is 0.493 e. The fraction of sp³-hybridized carbons (Fsp3) is 0.562. The molecule has 0 N–H and O–H groups in total.